The number of nitrogens with zero attached hydrogens (tertiary/aromatic N) is 1. The van der Waals surface area contributed by atoms with Crippen LogP contribution in [0.15, 0.2) is 18.2 Å². The molecule has 1 aliphatic rings. The van der Waals surface area contributed by atoms with E-state index >= 15 is 0 Å². The monoisotopic (exact) mass is 263 g/mol. The van der Waals surface area contributed by atoms with E-state index in [1.165, 1.54) is 0 Å². The predicted octanol–water partition coefficient (Wildman–Crippen LogP) is 2.03. The van der Waals surface area contributed by atoms with Gasteiger partial charge in [0, 0.05) is 12.2 Å². The number of aromatic amines is 1. The molecule has 1 aromatic carbocycles. The Balaban J connectivity index is 2.10. The molecular formula is C13H11F2N3O. The molecule has 0 unspecified atom stereocenters. The van der Waals surface area contributed by atoms with Crippen LogP contribution in [0, 0.1) is 11.6 Å². The molecule has 0 bridgehead atoms. The van der Waals surface area contributed by atoms with Crippen molar-refractivity contribution in [3.05, 3.63) is 41.2 Å². The first-order chi connectivity index (χ1) is 9.15. The molecule has 1 aromatic heterocycles. The van der Waals surface area contributed by atoms with E-state index in [1.54, 1.807) is 0 Å². The van der Waals surface area contributed by atoms with Crippen molar-refractivity contribution in [1.29, 1.82) is 0 Å². The molecule has 4 nitrogen and oxygen atoms in total. The second-order valence-corrected chi connectivity index (χ2v) is 4.40. The minimum Gasteiger partial charge on any atom is -0.351 e. The van der Waals surface area contributed by atoms with Gasteiger partial charge in [-0.2, -0.15) is 0 Å². The molecule has 1 aliphatic heterocycles. The number of hydrogen-bond donors (Lipinski definition) is 2. The zero-order valence-corrected chi connectivity index (χ0v) is 9.96. The Labute approximate surface area is 107 Å². The van der Waals surface area contributed by atoms with Gasteiger partial charge in [-0.25, -0.2) is 13.8 Å². The second kappa shape index (κ2) is 4.46. The third-order valence-corrected chi connectivity index (χ3v) is 3.07. The molecule has 0 aliphatic carbocycles. The summed E-state index contributed by atoms with van der Waals surface area (Å²) < 4.78 is 26.8. The maximum atomic E-state index is 13.7. The number of carbonyl (C=O) groups is 1. The van der Waals surface area contributed by atoms with E-state index in [-0.39, 0.29) is 23.0 Å². The third kappa shape index (κ3) is 2.09. The van der Waals surface area contributed by atoms with E-state index in [0.717, 1.165) is 24.6 Å². The highest BCUT2D eigenvalue weighted by molar-refractivity contribution is 5.94. The normalized spacial score (nSPS) is 14.7. The molecule has 0 radical (unpaired) electrons. The van der Waals surface area contributed by atoms with Gasteiger partial charge < -0.3 is 10.3 Å². The number of nitrogens with one attached hydrogen (secondary N) is 2. The highest BCUT2D eigenvalue weighted by Crippen LogP contribution is 2.23. The lowest BCUT2D eigenvalue weighted by molar-refractivity contribution is 0.0951. The van der Waals surface area contributed by atoms with Crippen molar-refractivity contribution in [2.75, 3.05) is 6.54 Å². The quantitative estimate of drug-likeness (QED) is 0.827. The molecule has 2 heterocycles. The number of benzene rings is 1. The first kappa shape index (κ1) is 11.8. The molecule has 2 aromatic rings. The molecular weight excluding hydrogens is 252 g/mol. The van der Waals surface area contributed by atoms with Gasteiger partial charge in [-0.3, -0.25) is 4.79 Å². The van der Waals surface area contributed by atoms with Gasteiger partial charge in [-0.05, 0) is 31.0 Å². The topological polar surface area (TPSA) is 57.8 Å². The summed E-state index contributed by atoms with van der Waals surface area (Å²) in [6.45, 7) is 0.590. The van der Waals surface area contributed by atoms with Crippen LogP contribution in [0.5, 0.6) is 0 Å². The van der Waals surface area contributed by atoms with Crippen molar-refractivity contribution in [2.24, 2.45) is 0 Å². The van der Waals surface area contributed by atoms with Gasteiger partial charge >= 0.3 is 0 Å². The van der Waals surface area contributed by atoms with Crippen LogP contribution < -0.4 is 5.32 Å². The van der Waals surface area contributed by atoms with E-state index in [4.69, 9.17) is 0 Å². The average molecular weight is 263 g/mol. The van der Waals surface area contributed by atoms with Crippen LogP contribution in [0.3, 0.4) is 0 Å². The van der Waals surface area contributed by atoms with Crippen LogP contribution >= 0.6 is 0 Å². The van der Waals surface area contributed by atoms with E-state index in [2.05, 4.69) is 15.3 Å². The lowest BCUT2D eigenvalue weighted by Crippen LogP contribution is -2.23. The lowest BCUT2D eigenvalue weighted by Gasteiger charge is -2.00. The highest BCUT2D eigenvalue weighted by atomic mass is 19.1. The molecule has 19 heavy (non-hydrogen) atoms. The van der Waals surface area contributed by atoms with Gasteiger partial charge in [0.1, 0.15) is 23.2 Å². The van der Waals surface area contributed by atoms with Crippen molar-refractivity contribution < 1.29 is 13.6 Å². The summed E-state index contributed by atoms with van der Waals surface area (Å²) in [6.07, 6.45) is 1.43. The molecule has 6 heteroatoms. The van der Waals surface area contributed by atoms with Gasteiger partial charge in [0.25, 0.3) is 5.91 Å². The zero-order chi connectivity index (χ0) is 13.4. The molecule has 3 rings (SSSR count). The van der Waals surface area contributed by atoms with Crippen molar-refractivity contribution >= 4 is 5.91 Å². The molecule has 98 valence electrons. The van der Waals surface area contributed by atoms with Crippen molar-refractivity contribution in [1.82, 2.24) is 15.3 Å². The fraction of sp³-hybridized carbons (Fsp3) is 0.231. The van der Waals surface area contributed by atoms with Gasteiger partial charge in [-0.1, -0.05) is 0 Å². The van der Waals surface area contributed by atoms with Crippen molar-refractivity contribution in [2.45, 2.75) is 12.8 Å². The highest BCUT2D eigenvalue weighted by Gasteiger charge is 2.21. The molecule has 0 saturated heterocycles. The van der Waals surface area contributed by atoms with Crippen LogP contribution in [0.1, 0.15) is 22.6 Å². The summed E-state index contributed by atoms with van der Waals surface area (Å²) in [5.74, 6) is -1.23. The van der Waals surface area contributed by atoms with Crippen LogP contribution in [-0.4, -0.2) is 22.4 Å². The molecule has 0 spiro atoms. The van der Waals surface area contributed by atoms with E-state index in [9.17, 15) is 13.6 Å². The molecule has 0 atom stereocenters. The van der Waals surface area contributed by atoms with E-state index in [0.29, 0.717) is 18.7 Å². The molecule has 0 saturated carbocycles. The summed E-state index contributed by atoms with van der Waals surface area (Å²) in [6, 6.07) is 3.14. The molecule has 1 amide bonds. The largest absolute Gasteiger partial charge is 0.351 e. The Morgan fingerprint density at radius 3 is 2.95 bits per heavy atom. The minimum absolute atomic E-state index is 0.0286. The predicted molar refractivity (Wildman–Crippen MR) is 64.6 cm³/mol. The average Bonchev–Trinajstić information content (AvgIpc) is 2.74. The van der Waals surface area contributed by atoms with Gasteiger partial charge in [-0.15, -0.1) is 0 Å². The number of imidazole rings is 1. The number of rotatable bonds is 1. The minimum atomic E-state index is -0.578. The number of carbonyl (C=O) groups excluding carboxylic acids is 1. The number of halogens is 2. The molecule has 0 fully saturated rings. The van der Waals surface area contributed by atoms with Gasteiger partial charge in [0.05, 0.1) is 5.56 Å². The van der Waals surface area contributed by atoms with Gasteiger partial charge in [0.15, 0.2) is 0 Å². The number of fused-ring (bicyclic) bond motifs is 1. The van der Waals surface area contributed by atoms with Crippen LogP contribution in [0.25, 0.3) is 11.4 Å². The number of H-pyrrole nitrogens is 1. The third-order valence-electron chi connectivity index (χ3n) is 3.07. The Morgan fingerprint density at radius 2 is 2.11 bits per heavy atom. The summed E-state index contributed by atoms with van der Waals surface area (Å²) in [7, 11) is 0. The SMILES string of the molecule is O=C1NCCCc2[nH]c(-c3cc(F)ccc3F)nc21. The van der Waals surface area contributed by atoms with Gasteiger partial charge in [0.2, 0.25) is 0 Å². The second-order valence-electron chi connectivity index (χ2n) is 4.40. The maximum Gasteiger partial charge on any atom is 0.271 e. The summed E-state index contributed by atoms with van der Waals surface area (Å²) >= 11 is 0. The summed E-state index contributed by atoms with van der Waals surface area (Å²) in [5.41, 5.74) is 0.950. The Morgan fingerprint density at radius 1 is 1.26 bits per heavy atom. The lowest BCUT2D eigenvalue weighted by atomic mass is 10.2. The summed E-state index contributed by atoms with van der Waals surface area (Å²) in [5, 5.41) is 2.70. The number of hydrogen-bond acceptors (Lipinski definition) is 2. The van der Waals surface area contributed by atoms with Crippen molar-refractivity contribution in [3.8, 4) is 11.4 Å². The summed E-state index contributed by atoms with van der Waals surface area (Å²) in [4.78, 5) is 18.7. The van der Waals surface area contributed by atoms with Crippen LogP contribution in [0.4, 0.5) is 8.78 Å². The fourth-order valence-corrected chi connectivity index (χ4v) is 2.14. The smallest absolute Gasteiger partial charge is 0.271 e. The first-order valence-electron chi connectivity index (χ1n) is 5.97. The zero-order valence-electron chi connectivity index (χ0n) is 9.96. The Bertz CT molecular complexity index is 651. The van der Waals surface area contributed by atoms with E-state index in [1.807, 2.05) is 0 Å². The van der Waals surface area contributed by atoms with Crippen LogP contribution in [0.2, 0.25) is 0 Å². The number of aryl methyl sites for hydroxylation is 1. The Hall–Kier alpha value is -2.24. The fourth-order valence-electron chi connectivity index (χ4n) is 2.14. The standard InChI is InChI=1S/C13H11F2N3O/c14-7-3-4-9(15)8(6-7)12-17-10-2-1-5-16-13(19)11(10)18-12/h3-4,6H,1-2,5H2,(H,16,19)(H,17,18). The number of amides is 1. The Kier molecular flexibility index (Phi) is 2.77. The first-order valence-corrected chi connectivity index (χ1v) is 5.97. The van der Waals surface area contributed by atoms with E-state index < -0.39 is 11.6 Å². The number of aromatic nitrogens is 2. The van der Waals surface area contributed by atoms with Crippen LogP contribution in [-0.2, 0) is 6.42 Å². The maximum absolute atomic E-state index is 13.7. The molecule has 2 N–H and O–H groups in total. The van der Waals surface area contributed by atoms with Crippen molar-refractivity contribution in [3.63, 3.8) is 0 Å².